The molecule has 2 aromatic heterocycles. The number of ether oxygens (including phenoxy) is 1. The van der Waals surface area contributed by atoms with Gasteiger partial charge in [-0.3, -0.25) is 18.8 Å². The molecule has 0 spiro atoms. The second-order valence-corrected chi connectivity index (χ2v) is 7.47. The maximum absolute atomic E-state index is 12.3. The number of halogens is 1. The number of hydrogen-bond donors (Lipinski definition) is 0. The molecule has 0 aliphatic carbocycles. The zero-order valence-electron chi connectivity index (χ0n) is 15.8. The van der Waals surface area contributed by atoms with Gasteiger partial charge in [-0.1, -0.05) is 23.7 Å². The minimum absolute atomic E-state index is 0.218. The second-order valence-electron chi connectivity index (χ2n) is 7.03. The van der Waals surface area contributed by atoms with E-state index < -0.39 is 5.69 Å². The standard InChI is InChI=1S/C20H21ClN4O3/c1-23-18-15(19(26)24(2)20(23)27)7-8-16(22-18)17-12-25(9-10-28-17)11-13-3-5-14(21)6-4-13/h3-8,17H,9-12H2,1-2H3/t17-/m1/s1. The van der Waals surface area contributed by atoms with Crippen LogP contribution in [0.3, 0.4) is 0 Å². The number of aryl methyl sites for hydroxylation is 1. The van der Waals surface area contributed by atoms with Crippen molar-refractivity contribution in [1.82, 2.24) is 19.0 Å². The fourth-order valence-corrected chi connectivity index (χ4v) is 3.65. The summed E-state index contributed by atoms with van der Waals surface area (Å²) in [5, 5.41) is 1.14. The molecule has 1 aliphatic rings. The van der Waals surface area contributed by atoms with Gasteiger partial charge < -0.3 is 4.74 Å². The molecule has 7 nitrogen and oxygen atoms in total. The van der Waals surface area contributed by atoms with Crippen molar-refractivity contribution in [1.29, 1.82) is 0 Å². The average Bonchev–Trinajstić information content (AvgIpc) is 2.72. The van der Waals surface area contributed by atoms with Gasteiger partial charge in [0.1, 0.15) is 11.8 Å². The molecule has 0 saturated carbocycles. The Bertz CT molecular complexity index is 1140. The Morgan fingerprint density at radius 1 is 1.11 bits per heavy atom. The van der Waals surface area contributed by atoms with Gasteiger partial charge in [0.25, 0.3) is 5.56 Å². The SMILES string of the molecule is Cn1c(=O)c2ccc([C@H]3CN(Cc4ccc(Cl)cc4)CCO3)nc2n(C)c1=O. The number of pyridine rings is 1. The molecule has 1 saturated heterocycles. The molecule has 0 radical (unpaired) electrons. The monoisotopic (exact) mass is 400 g/mol. The van der Waals surface area contributed by atoms with Crippen molar-refractivity contribution in [2.24, 2.45) is 14.1 Å². The van der Waals surface area contributed by atoms with Crippen LogP contribution in [0.5, 0.6) is 0 Å². The summed E-state index contributed by atoms with van der Waals surface area (Å²) < 4.78 is 8.42. The van der Waals surface area contributed by atoms with E-state index in [0.29, 0.717) is 24.2 Å². The van der Waals surface area contributed by atoms with Crippen LogP contribution in [0.25, 0.3) is 11.0 Å². The van der Waals surface area contributed by atoms with Crippen LogP contribution in [0.4, 0.5) is 0 Å². The minimum Gasteiger partial charge on any atom is -0.369 e. The van der Waals surface area contributed by atoms with Gasteiger partial charge in [-0.05, 0) is 29.8 Å². The Morgan fingerprint density at radius 3 is 2.61 bits per heavy atom. The van der Waals surface area contributed by atoms with Crippen LogP contribution in [0.2, 0.25) is 5.02 Å². The molecule has 0 bridgehead atoms. The Morgan fingerprint density at radius 2 is 1.86 bits per heavy atom. The molecule has 1 fully saturated rings. The summed E-state index contributed by atoms with van der Waals surface area (Å²) in [7, 11) is 3.09. The molecular formula is C20H21ClN4O3. The highest BCUT2D eigenvalue weighted by molar-refractivity contribution is 6.30. The van der Waals surface area contributed by atoms with Crippen LogP contribution >= 0.6 is 11.6 Å². The second kappa shape index (κ2) is 7.50. The Hall–Kier alpha value is -2.48. The van der Waals surface area contributed by atoms with Gasteiger partial charge in [-0.15, -0.1) is 0 Å². The van der Waals surface area contributed by atoms with Crippen molar-refractivity contribution in [3.8, 4) is 0 Å². The quantitative estimate of drug-likeness (QED) is 0.671. The molecule has 4 rings (SSSR count). The van der Waals surface area contributed by atoms with E-state index in [-0.39, 0.29) is 11.7 Å². The summed E-state index contributed by atoms with van der Waals surface area (Å²) in [4.78, 5) is 31.4. The van der Waals surface area contributed by atoms with Gasteiger partial charge >= 0.3 is 5.69 Å². The van der Waals surface area contributed by atoms with Crippen molar-refractivity contribution >= 4 is 22.6 Å². The Balaban J connectivity index is 1.61. The van der Waals surface area contributed by atoms with Crippen molar-refractivity contribution in [2.75, 3.05) is 19.7 Å². The summed E-state index contributed by atoms with van der Waals surface area (Å²) in [6.45, 7) is 2.89. The first-order valence-corrected chi connectivity index (χ1v) is 9.47. The summed E-state index contributed by atoms with van der Waals surface area (Å²) in [6, 6.07) is 11.4. The molecule has 3 heterocycles. The fraction of sp³-hybridized carbons (Fsp3) is 0.350. The van der Waals surface area contributed by atoms with Crippen LogP contribution in [-0.4, -0.2) is 38.7 Å². The molecule has 0 unspecified atom stereocenters. The number of benzene rings is 1. The smallest absolute Gasteiger partial charge is 0.332 e. The van der Waals surface area contributed by atoms with Crippen molar-refractivity contribution in [3.05, 3.63) is 73.5 Å². The zero-order chi connectivity index (χ0) is 19.8. The van der Waals surface area contributed by atoms with Gasteiger partial charge in [-0.25, -0.2) is 9.78 Å². The predicted molar refractivity (Wildman–Crippen MR) is 108 cm³/mol. The van der Waals surface area contributed by atoms with E-state index in [2.05, 4.69) is 9.88 Å². The summed E-state index contributed by atoms with van der Waals surface area (Å²) in [5.41, 5.74) is 1.55. The molecule has 0 N–H and O–H groups in total. The van der Waals surface area contributed by atoms with Crippen molar-refractivity contribution in [3.63, 3.8) is 0 Å². The Labute approximate surface area is 166 Å². The van der Waals surface area contributed by atoms with Crippen LogP contribution in [0.15, 0.2) is 46.0 Å². The first kappa shape index (κ1) is 18.9. The number of hydrogen-bond acceptors (Lipinski definition) is 5. The van der Waals surface area contributed by atoms with Crippen LogP contribution < -0.4 is 11.2 Å². The minimum atomic E-state index is -0.393. The van der Waals surface area contributed by atoms with Gasteiger partial charge in [-0.2, -0.15) is 0 Å². The normalized spacial score (nSPS) is 17.9. The fourth-order valence-electron chi connectivity index (χ4n) is 3.52. The van der Waals surface area contributed by atoms with Gasteiger partial charge in [0.2, 0.25) is 0 Å². The third kappa shape index (κ3) is 3.48. The highest BCUT2D eigenvalue weighted by Crippen LogP contribution is 2.23. The Kier molecular flexibility index (Phi) is 5.05. The lowest BCUT2D eigenvalue weighted by Crippen LogP contribution is -2.39. The van der Waals surface area contributed by atoms with Crippen LogP contribution in [-0.2, 0) is 25.4 Å². The molecular weight excluding hydrogens is 380 g/mol. The van der Waals surface area contributed by atoms with E-state index in [1.807, 2.05) is 30.3 Å². The van der Waals surface area contributed by atoms with Crippen LogP contribution in [0, 0.1) is 0 Å². The lowest BCUT2D eigenvalue weighted by atomic mass is 10.1. The molecule has 0 amide bonds. The third-order valence-corrected chi connectivity index (χ3v) is 5.38. The first-order valence-electron chi connectivity index (χ1n) is 9.09. The molecule has 8 heteroatoms. The molecule has 1 aromatic carbocycles. The lowest BCUT2D eigenvalue weighted by Gasteiger charge is -2.32. The van der Waals surface area contributed by atoms with Gasteiger partial charge in [0.05, 0.1) is 17.7 Å². The molecule has 3 aromatic rings. The van der Waals surface area contributed by atoms with E-state index in [1.165, 1.54) is 17.2 Å². The van der Waals surface area contributed by atoms with Crippen LogP contribution in [0.1, 0.15) is 17.4 Å². The summed E-state index contributed by atoms with van der Waals surface area (Å²) in [6.07, 6.45) is -0.218. The topological polar surface area (TPSA) is 69.4 Å². The van der Waals surface area contributed by atoms with E-state index in [0.717, 1.165) is 28.4 Å². The van der Waals surface area contributed by atoms with E-state index >= 15 is 0 Å². The van der Waals surface area contributed by atoms with Crippen molar-refractivity contribution in [2.45, 2.75) is 12.6 Å². The highest BCUT2D eigenvalue weighted by Gasteiger charge is 2.24. The number of nitrogens with zero attached hydrogens (tertiary/aromatic N) is 4. The summed E-state index contributed by atoms with van der Waals surface area (Å²) >= 11 is 5.96. The van der Waals surface area contributed by atoms with E-state index in [4.69, 9.17) is 16.3 Å². The molecule has 1 atom stereocenters. The largest absolute Gasteiger partial charge is 0.369 e. The maximum atomic E-state index is 12.3. The number of aromatic nitrogens is 3. The number of rotatable bonds is 3. The molecule has 28 heavy (non-hydrogen) atoms. The zero-order valence-corrected chi connectivity index (χ0v) is 16.5. The first-order chi connectivity index (χ1) is 13.4. The predicted octanol–water partition coefficient (Wildman–Crippen LogP) is 1.86. The van der Waals surface area contributed by atoms with Crippen molar-refractivity contribution < 1.29 is 4.74 Å². The number of fused-ring (bicyclic) bond motifs is 1. The third-order valence-electron chi connectivity index (χ3n) is 5.12. The van der Waals surface area contributed by atoms with E-state index in [1.54, 1.807) is 13.1 Å². The molecule has 146 valence electrons. The number of morpholine rings is 1. The highest BCUT2D eigenvalue weighted by atomic mass is 35.5. The maximum Gasteiger partial charge on any atom is 0.332 e. The summed E-state index contributed by atoms with van der Waals surface area (Å²) in [5.74, 6) is 0. The van der Waals surface area contributed by atoms with E-state index in [9.17, 15) is 9.59 Å². The average molecular weight is 401 g/mol. The molecule has 1 aliphatic heterocycles. The lowest BCUT2D eigenvalue weighted by molar-refractivity contribution is -0.0348. The van der Waals surface area contributed by atoms with Gasteiger partial charge in [0.15, 0.2) is 0 Å². The van der Waals surface area contributed by atoms with Gasteiger partial charge in [0, 0.05) is 38.8 Å².